The SMILES string of the molecule is Cc1cccc(C(=O)NCCC(=O)Nc2cccc([N+](=O)[O-])c2)c1. The van der Waals surface area contributed by atoms with Crippen molar-refractivity contribution in [2.75, 3.05) is 11.9 Å². The Morgan fingerprint density at radius 3 is 2.58 bits per heavy atom. The average Bonchev–Trinajstić information content (AvgIpc) is 2.55. The number of nitrogens with zero attached hydrogens (tertiary/aromatic N) is 1. The highest BCUT2D eigenvalue weighted by atomic mass is 16.6. The minimum Gasteiger partial charge on any atom is -0.352 e. The van der Waals surface area contributed by atoms with Crippen molar-refractivity contribution >= 4 is 23.2 Å². The van der Waals surface area contributed by atoms with Gasteiger partial charge in [-0.25, -0.2) is 0 Å². The third kappa shape index (κ3) is 4.91. The molecule has 0 heterocycles. The lowest BCUT2D eigenvalue weighted by Crippen LogP contribution is -2.27. The van der Waals surface area contributed by atoms with E-state index in [0.717, 1.165) is 5.56 Å². The molecule has 0 radical (unpaired) electrons. The van der Waals surface area contributed by atoms with Crippen LogP contribution in [0.1, 0.15) is 22.3 Å². The maximum atomic E-state index is 11.9. The maximum absolute atomic E-state index is 11.9. The van der Waals surface area contributed by atoms with Gasteiger partial charge in [-0.2, -0.15) is 0 Å². The molecule has 0 aliphatic heterocycles. The molecule has 0 fully saturated rings. The van der Waals surface area contributed by atoms with Crippen molar-refractivity contribution in [2.45, 2.75) is 13.3 Å². The van der Waals surface area contributed by atoms with Crippen LogP contribution in [0.2, 0.25) is 0 Å². The maximum Gasteiger partial charge on any atom is 0.271 e. The lowest BCUT2D eigenvalue weighted by atomic mass is 10.1. The van der Waals surface area contributed by atoms with Crippen LogP contribution in [-0.4, -0.2) is 23.3 Å². The molecule has 0 saturated carbocycles. The highest BCUT2D eigenvalue weighted by molar-refractivity contribution is 5.95. The summed E-state index contributed by atoms with van der Waals surface area (Å²) >= 11 is 0. The van der Waals surface area contributed by atoms with Gasteiger partial charge in [0.05, 0.1) is 4.92 Å². The summed E-state index contributed by atoms with van der Waals surface area (Å²) in [5, 5.41) is 15.9. The smallest absolute Gasteiger partial charge is 0.271 e. The van der Waals surface area contributed by atoms with Gasteiger partial charge >= 0.3 is 0 Å². The van der Waals surface area contributed by atoms with Crippen molar-refractivity contribution < 1.29 is 14.5 Å². The standard InChI is InChI=1S/C17H17N3O4/c1-12-4-2-5-13(10-12)17(22)18-9-8-16(21)19-14-6-3-7-15(11-14)20(23)24/h2-7,10-11H,8-9H2,1H3,(H,18,22)(H,19,21). The van der Waals surface area contributed by atoms with Crippen LogP contribution in [0, 0.1) is 17.0 Å². The van der Waals surface area contributed by atoms with Crippen molar-refractivity contribution in [1.82, 2.24) is 5.32 Å². The number of benzene rings is 2. The van der Waals surface area contributed by atoms with Crippen LogP contribution in [0.5, 0.6) is 0 Å². The Balaban J connectivity index is 1.82. The molecule has 7 heteroatoms. The molecule has 124 valence electrons. The van der Waals surface area contributed by atoms with Gasteiger partial charge in [0, 0.05) is 36.3 Å². The van der Waals surface area contributed by atoms with E-state index in [0.29, 0.717) is 11.3 Å². The third-order valence-corrected chi connectivity index (χ3v) is 3.26. The number of nitro groups is 1. The van der Waals surface area contributed by atoms with E-state index in [-0.39, 0.29) is 30.5 Å². The molecule has 0 spiro atoms. The fourth-order valence-electron chi connectivity index (χ4n) is 2.10. The number of hydrogen-bond acceptors (Lipinski definition) is 4. The molecule has 2 N–H and O–H groups in total. The zero-order valence-electron chi connectivity index (χ0n) is 13.1. The molecule has 7 nitrogen and oxygen atoms in total. The van der Waals surface area contributed by atoms with Crippen LogP contribution < -0.4 is 10.6 Å². The zero-order valence-corrected chi connectivity index (χ0v) is 13.1. The molecule has 0 saturated heterocycles. The summed E-state index contributed by atoms with van der Waals surface area (Å²) in [7, 11) is 0. The van der Waals surface area contributed by atoms with Crippen molar-refractivity contribution in [2.24, 2.45) is 0 Å². The van der Waals surface area contributed by atoms with Crippen LogP contribution in [-0.2, 0) is 4.79 Å². The number of nitro benzene ring substituents is 1. The number of rotatable bonds is 6. The first-order valence-electron chi connectivity index (χ1n) is 7.35. The van der Waals surface area contributed by atoms with Crippen molar-refractivity contribution in [3.05, 3.63) is 69.8 Å². The van der Waals surface area contributed by atoms with Crippen LogP contribution in [0.4, 0.5) is 11.4 Å². The van der Waals surface area contributed by atoms with E-state index in [1.54, 1.807) is 24.3 Å². The quantitative estimate of drug-likeness (QED) is 0.629. The summed E-state index contributed by atoms with van der Waals surface area (Å²) in [6.45, 7) is 2.07. The summed E-state index contributed by atoms with van der Waals surface area (Å²) in [6, 6.07) is 12.8. The molecular formula is C17H17N3O4. The number of hydrogen-bond donors (Lipinski definition) is 2. The lowest BCUT2D eigenvalue weighted by molar-refractivity contribution is -0.384. The Hall–Kier alpha value is -3.22. The molecular weight excluding hydrogens is 310 g/mol. The van der Waals surface area contributed by atoms with Crippen LogP contribution in [0.25, 0.3) is 0 Å². The molecule has 2 amide bonds. The Morgan fingerprint density at radius 1 is 1.12 bits per heavy atom. The summed E-state index contributed by atoms with van der Waals surface area (Å²) in [5.41, 5.74) is 1.76. The topological polar surface area (TPSA) is 101 Å². The van der Waals surface area contributed by atoms with Crippen LogP contribution in [0.3, 0.4) is 0 Å². The summed E-state index contributed by atoms with van der Waals surface area (Å²) < 4.78 is 0. The van der Waals surface area contributed by atoms with E-state index in [4.69, 9.17) is 0 Å². The number of carbonyl (C=O) groups is 2. The van der Waals surface area contributed by atoms with Gasteiger partial charge in [-0.15, -0.1) is 0 Å². The molecule has 0 aliphatic carbocycles. The Morgan fingerprint density at radius 2 is 1.88 bits per heavy atom. The number of aryl methyl sites for hydroxylation is 1. The molecule has 2 aromatic rings. The number of carbonyl (C=O) groups excluding carboxylic acids is 2. The second-order valence-electron chi connectivity index (χ2n) is 5.23. The van der Waals surface area contributed by atoms with Gasteiger partial charge < -0.3 is 10.6 Å². The largest absolute Gasteiger partial charge is 0.352 e. The average molecular weight is 327 g/mol. The number of nitrogens with one attached hydrogen (secondary N) is 2. The first-order chi connectivity index (χ1) is 11.5. The number of amides is 2. The van der Waals surface area contributed by atoms with E-state index >= 15 is 0 Å². The zero-order chi connectivity index (χ0) is 17.5. The minimum absolute atomic E-state index is 0.0697. The van der Waals surface area contributed by atoms with E-state index in [1.165, 1.54) is 18.2 Å². The Bertz CT molecular complexity index is 774. The molecule has 0 aromatic heterocycles. The molecule has 0 bridgehead atoms. The van der Waals surface area contributed by atoms with Crippen LogP contribution >= 0.6 is 0 Å². The second kappa shape index (κ2) is 7.87. The van der Waals surface area contributed by atoms with Gasteiger partial charge in [0.25, 0.3) is 11.6 Å². The van der Waals surface area contributed by atoms with E-state index in [2.05, 4.69) is 10.6 Å². The van der Waals surface area contributed by atoms with Gasteiger partial charge in [-0.3, -0.25) is 19.7 Å². The molecule has 2 rings (SSSR count). The van der Waals surface area contributed by atoms with Gasteiger partial charge in [0.1, 0.15) is 0 Å². The summed E-state index contributed by atoms with van der Waals surface area (Å²) in [6.07, 6.45) is 0.0697. The van der Waals surface area contributed by atoms with E-state index in [9.17, 15) is 19.7 Å². The summed E-state index contributed by atoms with van der Waals surface area (Å²) in [5.74, 6) is -0.582. The number of non-ortho nitro benzene ring substituents is 1. The van der Waals surface area contributed by atoms with Crippen LogP contribution in [0.15, 0.2) is 48.5 Å². The molecule has 24 heavy (non-hydrogen) atoms. The Kier molecular flexibility index (Phi) is 5.62. The monoisotopic (exact) mass is 327 g/mol. The predicted molar refractivity (Wildman–Crippen MR) is 89.9 cm³/mol. The fraction of sp³-hybridized carbons (Fsp3) is 0.176. The first kappa shape index (κ1) is 17.1. The molecule has 2 aromatic carbocycles. The van der Waals surface area contributed by atoms with Gasteiger partial charge in [0.2, 0.25) is 5.91 Å². The third-order valence-electron chi connectivity index (χ3n) is 3.26. The number of anilines is 1. The predicted octanol–water partition coefficient (Wildman–Crippen LogP) is 2.66. The van der Waals surface area contributed by atoms with Gasteiger partial charge in [-0.1, -0.05) is 23.8 Å². The first-order valence-corrected chi connectivity index (χ1v) is 7.35. The minimum atomic E-state index is -0.530. The molecule has 0 atom stereocenters. The fourth-order valence-corrected chi connectivity index (χ4v) is 2.10. The second-order valence-corrected chi connectivity index (χ2v) is 5.23. The molecule has 0 unspecified atom stereocenters. The van der Waals surface area contributed by atoms with E-state index < -0.39 is 4.92 Å². The van der Waals surface area contributed by atoms with Crippen molar-refractivity contribution in [3.63, 3.8) is 0 Å². The lowest BCUT2D eigenvalue weighted by Gasteiger charge is -2.07. The normalized spacial score (nSPS) is 10.0. The van der Waals surface area contributed by atoms with Crippen molar-refractivity contribution in [3.8, 4) is 0 Å². The van der Waals surface area contributed by atoms with Crippen molar-refractivity contribution in [1.29, 1.82) is 0 Å². The highest BCUT2D eigenvalue weighted by Crippen LogP contribution is 2.17. The molecule has 0 aliphatic rings. The van der Waals surface area contributed by atoms with Gasteiger partial charge in [0.15, 0.2) is 0 Å². The Labute approximate surface area is 138 Å². The van der Waals surface area contributed by atoms with E-state index in [1.807, 2.05) is 13.0 Å². The highest BCUT2D eigenvalue weighted by Gasteiger charge is 2.09. The summed E-state index contributed by atoms with van der Waals surface area (Å²) in [4.78, 5) is 33.9. The van der Waals surface area contributed by atoms with Gasteiger partial charge in [-0.05, 0) is 25.1 Å².